The maximum Gasteiger partial charge on any atom is 0.142 e. The maximum atomic E-state index is 11.1. The molecule has 0 N–H and O–H groups in total. The summed E-state index contributed by atoms with van der Waals surface area (Å²) in [7, 11) is 1.68. The van der Waals surface area contributed by atoms with Crippen LogP contribution in [0.25, 0.3) is 0 Å². The van der Waals surface area contributed by atoms with Crippen LogP contribution in [0.5, 0.6) is 0 Å². The van der Waals surface area contributed by atoms with E-state index in [0.29, 0.717) is 18.0 Å². The van der Waals surface area contributed by atoms with Crippen LogP contribution in [0.15, 0.2) is 0 Å². The van der Waals surface area contributed by atoms with Crippen molar-refractivity contribution in [3.05, 3.63) is 0 Å². The molecular formula is C9H18O2S. The molecule has 0 amide bonds. The molecule has 0 radical (unpaired) electrons. The van der Waals surface area contributed by atoms with Crippen molar-refractivity contribution >= 4 is 17.5 Å². The van der Waals surface area contributed by atoms with Crippen LogP contribution in [0, 0.1) is 0 Å². The summed E-state index contributed by atoms with van der Waals surface area (Å²) >= 11 is 1.58. The second-order valence-electron chi connectivity index (χ2n) is 3.44. The molecule has 0 saturated carbocycles. The molecule has 0 bridgehead atoms. The second kappa shape index (κ2) is 5.60. The van der Waals surface area contributed by atoms with Crippen molar-refractivity contribution in [2.45, 2.75) is 32.3 Å². The van der Waals surface area contributed by atoms with E-state index in [-0.39, 0.29) is 5.60 Å². The van der Waals surface area contributed by atoms with Crippen LogP contribution in [0.1, 0.15) is 26.7 Å². The quantitative estimate of drug-likeness (QED) is 0.642. The zero-order valence-electron chi connectivity index (χ0n) is 8.35. The molecule has 3 heteroatoms. The normalized spacial score (nSPS) is 11.7. The lowest BCUT2D eigenvalue weighted by atomic mass is 10.0. The third kappa shape index (κ3) is 5.61. The molecule has 0 aliphatic carbocycles. The Balaban J connectivity index is 3.60. The minimum absolute atomic E-state index is 0.159. The largest absolute Gasteiger partial charge is 0.379 e. The van der Waals surface area contributed by atoms with E-state index < -0.39 is 0 Å². The molecule has 0 fully saturated rings. The van der Waals surface area contributed by atoms with Crippen LogP contribution in [0.2, 0.25) is 0 Å². The van der Waals surface area contributed by atoms with Gasteiger partial charge >= 0.3 is 0 Å². The van der Waals surface area contributed by atoms with Crippen LogP contribution >= 0.6 is 11.8 Å². The van der Waals surface area contributed by atoms with Gasteiger partial charge in [0, 0.05) is 13.5 Å². The Morgan fingerprint density at radius 1 is 1.50 bits per heavy atom. The lowest BCUT2D eigenvalue weighted by molar-refractivity contribution is -0.117. The van der Waals surface area contributed by atoms with Crippen molar-refractivity contribution in [3.63, 3.8) is 0 Å². The number of methoxy groups -OCH3 is 1. The smallest absolute Gasteiger partial charge is 0.142 e. The van der Waals surface area contributed by atoms with Crippen molar-refractivity contribution in [1.29, 1.82) is 0 Å². The molecule has 0 spiro atoms. The average molecular weight is 190 g/mol. The zero-order valence-corrected chi connectivity index (χ0v) is 9.16. The molecule has 0 atom stereocenters. The summed E-state index contributed by atoms with van der Waals surface area (Å²) in [5.74, 6) is 0.937. The van der Waals surface area contributed by atoms with E-state index in [1.807, 2.05) is 20.1 Å². The fraction of sp³-hybridized carbons (Fsp3) is 0.889. The Morgan fingerprint density at radius 3 is 2.50 bits per heavy atom. The number of rotatable bonds is 6. The van der Waals surface area contributed by atoms with Crippen molar-refractivity contribution < 1.29 is 9.53 Å². The second-order valence-corrected chi connectivity index (χ2v) is 4.30. The summed E-state index contributed by atoms with van der Waals surface area (Å²) in [6.45, 7) is 4.00. The lowest BCUT2D eigenvalue weighted by Crippen LogP contribution is -2.23. The molecule has 0 aromatic rings. The summed E-state index contributed by atoms with van der Waals surface area (Å²) in [6.07, 6.45) is 3.38. The zero-order chi connectivity index (χ0) is 9.61. The first kappa shape index (κ1) is 12.0. The van der Waals surface area contributed by atoms with Gasteiger partial charge in [-0.15, -0.1) is 0 Å². The average Bonchev–Trinajstić information content (AvgIpc) is 2.02. The van der Waals surface area contributed by atoms with E-state index in [1.54, 1.807) is 18.9 Å². The summed E-state index contributed by atoms with van der Waals surface area (Å²) < 4.78 is 5.21. The van der Waals surface area contributed by atoms with Gasteiger partial charge in [0.25, 0.3) is 0 Å². The summed E-state index contributed by atoms with van der Waals surface area (Å²) in [5.41, 5.74) is -0.159. The lowest BCUT2D eigenvalue weighted by Gasteiger charge is -2.21. The molecule has 0 rings (SSSR count). The summed E-state index contributed by atoms with van der Waals surface area (Å²) in [5, 5.41) is 0. The third-order valence-electron chi connectivity index (χ3n) is 1.86. The highest BCUT2D eigenvalue weighted by atomic mass is 32.2. The van der Waals surface area contributed by atoms with Gasteiger partial charge < -0.3 is 4.74 Å². The summed E-state index contributed by atoms with van der Waals surface area (Å²) in [4.78, 5) is 11.1. The molecule has 2 nitrogen and oxygen atoms in total. The number of ether oxygens (including phenoxy) is 1. The molecule has 0 saturated heterocycles. The number of carbonyl (C=O) groups is 1. The predicted molar refractivity (Wildman–Crippen MR) is 53.7 cm³/mol. The topological polar surface area (TPSA) is 26.3 Å². The Labute approximate surface area is 79.1 Å². The number of Topliss-reactive ketones (excluding diaryl/α,β-unsaturated/α-hetero) is 1. The first-order chi connectivity index (χ1) is 5.52. The molecule has 0 unspecified atom stereocenters. The van der Waals surface area contributed by atoms with E-state index in [1.165, 1.54) is 0 Å². The standard InChI is InChI=1S/C9H18O2S/c1-9(2,11-3)6-5-8(10)7-12-4/h5-7H2,1-4H3. The van der Waals surface area contributed by atoms with Gasteiger partial charge in [-0.1, -0.05) is 0 Å². The molecule has 0 aromatic carbocycles. The SMILES string of the molecule is COC(C)(C)CCC(=O)CSC. The van der Waals surface area contributed by atoms with Crippen LogP contribution < -0.4 is 0 Å². The molecule has 0 aromatic heterocycles. The minimum Gasteiger partial charge on any atom is -0.379 e. The van der Waals surface area contributed by atoms with Crippen molar-refractivity contribution in [2.75, 3.05) is 19.1 Å². The number of hydrogen-bond acceptors (Lipinski definition) is 3. The van der Waals surface area contributed by atoms with Gasteiger partial charge in [-0.2, -0.15) is 11.8 Å². The number of ketones is 1. The van der Waals surface area contributed by atoms with E-state index in [2.05, 4.69) is 0 Å². The maximum absolute atomic E-state index is 11.1. The Bertz CT molecular complexity index is 143. The monoisotopic (exact) mass is 190 g/mol. The molecular weight excluding hydrogens is 172 g/mol. The van der Waals surface area contributed by atoms with Crippen LogP contribution in [-0.2, 0) is 9.53 Å². The van der Waals surface area contributed by atoms with E-state index in [0.717, 1.165) is 6.42 Å². The Hall–Kier alpha value is -0.0200. The molecule has 0 heterocycles. The van der Waals surface area contributed by atoms with Gasteiger partial charge in [-0.3, -0.25) is 4.79 Å². The van der Waals surface area contributed by atoms with Crippen LogP contribution in [-0.4, -0.2) is 30.5 Å². The van der Waals surface area contributed by atoms with Gasteiger partial charge in [-0.25, -0.2) is 0 Å². The van der Waals surface area contributed by atoms with Crippen LogP contribution in [0.4, 0.5) is 0 Å². The van der Waals surface area contributed by atoms with Gasteiger partial charge in [0.2, 0.25) is 0 Å². The molecule has 72 valence electrons. The predicted octanol–water partition coefficient (Wildman–Crippen LogP) is 2.12. The Morgan fingerprint density at radius 2 is 2.08 bits per heavy atom. The van der Waals surface area contributed by atoms with Gasteiger partial charge in [0.15, 0.2) is 0 Å². The van der Waals surface area contributed by atoms with Crippen LogP contribution in [0.3, 0.4) is 0 Å². The van der Waals surface area contributed by atoms with Gasteiger partial charge in [0.05, 0.1) is 11.4 Å². The number of thioether (sulfide) groups is 1. The van der Waals surface area contributed by atoms with Gasteiger partial charge in [-0.05, 0) is 26.5 Å². The first-order valence-corrected chi connectivity index (χ1v) is 5.47. The van der Waals surface area contributed by atoms with Crippen molar-refractivity contribution in [1.82, 2.24) is 0 Å². The molecule has 0 aliphatic rings. The Kier molecular flexibility index (Phi) is 5.59. The molecule has 0 aliphatic heterocycles. The van der Waals surface area contributed by atoms with Crippen molar-refractivity contribution in [3.8, 4) is 0 Å². The minimum atomic E-state index is -0.159. The highest BCUT2D eigenvalue weighted by molar-refractivity contribution is 7.99. The third-order valence-corrected chi connectivity index (χ3v) is 2.47. The van der Waals surface area contributed by atoms with E-state index in [4.69, 9.17) is 4.74 Å². The highest BCUT2D eigenvalue weighted by Gasteiger charge is 2.17. The highest BCUT2D eigenvalue weighted by Crippen LogP contribution is 2.15. The first-order valence-electron chi connectivity index (χ1n) is 4.07. The number of hydrogen-bond donors (Lipinski definition) is 0. The van der Waals surface area contributed by atoms with Gasteiger partial charge in [0.1, 0.15) is 5.78 Å². The number of carbonyl (C=O) groups excluding carboxylic acids is 1. The summed E-state index contributed by atoms with van der Waals surface area (Å²) in [6, 6.07) is 0. The fourth-order valence-corrected chi connectivity index (χ4v) is 1.24. The fourth-order valence-electron chi connectivity index (χ4n) is 0.776. The van der Waals surface area contributed by atoms with E-state index >= 15 is 0 Å². The van der Waals surface area contributed by atoms with Crippen molar-refractivity contribution in [2.24, 2.45) is 0 Å². The molecule has 12 heavy (non-hydrogen) atoms. The van der Waals surface area contributed by atoms with E-state index in [9.17, 15) is 4.79 Å².